The Morgan fingerprint density at radius 1 is 1.16 bits per heavy atom. The fraction of sp³-hybridized carbons (Fsp3) is 0.500. The quantitative estimate of drug-likeness (QED) is 0.859. The second kappa shape index (κ2) is 6.64. The third kappa shape index (κ3) is 3.33. The normalized spacial score (nSPS) is 23.7. The molecule has 0 radical (unpaired) electrons. The van der Waals surface area contributed by atoms with Gasteiger partial charge in [-0.05, 0) is 31.7 Å². The second-order valence-corrected chi connectivity index (χ2v) is 7.26. The van der Waals surface area contributed by atoms with E-state index in [2.05, 4.69) is 39.2 Å². The molecule has 2 aromatic rings. The first-order valence-corrected chi connectivity index (χ1v) is 9.11. The highest BCUT2D eigenvalue weighted by atomic mass is 16.5. The summed E-state index contributed by atoms with van der Waals surface area (Å²) in [7, 11) is 0. The minimum atomic E-state index is 0.191. The predicted octanol–water partition coefficient (Wildman–Crippen LogP) is 2.74. The summed E-state index contributed by atoms with van der Waals surface area (Å²) >= 11 is 0. The van der Waals surface area contributed by atoms with Gasteiger partial charge in [-0.15, -0.1) is 0 Å². The van der Waals surface area contributed by atoms with Crippen LogP contribution in [0.2, 0.25) is 0 Å². The Kier molecular flexibility index (Phi) is 4.34. The number of hydrogen-bond acceptors (Lipinski definition) is 4. The van der Waals surface area contributed by atoms with Gasteiger partial charge in [-0.1, -0.05) is 35.5 Å². The lowest BCUT2D eigenvalue weighted by molar-refractivity contribution is -0.134. The summed E-state index contributed by atoms with van der Waals surface area (Å²) in [6.07, 6.45) is 1.00. The molecule has 4 rings (SSSR count). The van der Waals surface area contributed by atoms with E-state index in [-0.39, 0.29) is 5.92 Å². The van der Waals surface area contributed by atoms with Crippen LogP contribution in [0.1, 0.15) is 34.9 Å². The molecule has 0 bridgehead atoms. The number of aromatic nitrogens is 1. The first-order valence-electron chi connectivity index (χ1n) is 9.11. The summed E-state index contributed by atoms with van der Waals surface area (Å²) in [4.78, 5) is 17.2. The van der Waals surface area contributed by atoms with Crippen LogP contribution in [-0.4, -0.2) is 47.0 Å². The molecule has 1 aliphatic heterocycles. The molecular weight excluding hydrogens is 314 g/mol. The van der Waals surface area contributed by atoms with E-state index < -0.39 is 0 Å². The van der Waals surface area contributed by atoms with E-state index in [1.807, 2.05) is 19.9 Å². The Morgan fingerprint density at radius 2 is 1.88 bits per heavy atom. The Bertz CT molecular complexity index is 728. The molecule has 5 heteroatoms. The van der Waals surface area contributed by atoms with Crippen LogP contribution in [0.5, 0.6) is 0 Å². The number of amides is 1. The van der Waals surface area contributed by atoms with Crippen molar-refractivity contribution >= 4 is 5.91 Å². The molecule has 5 nitrogen and oxygen atoms in total. The van der Waals surface area contributed by atoms with Crippen molar-refractivity contribution < 1.29 is 9.32 Å². The Labute approximate surface area is 148 Å². The van der Waals surface area contributed by atoms with E-state index in [4.69, 9.17) is 4.52 Å². The molecule has 2 atom stereocenters. The summed E-state index contributed by atoms with van der Waals surface area (Å²) in [5, 5.41) is 4.03. The van der Waals surface area contributed by atoms with E-state index in [1.54, 1.807) is 0 Å². The standard InChI is InChI=1S/C20H25N3O2/c1-14-19(15(2)25-21-14)13-22-8-10-23(11-9-22)20(24)18-12-17(18)16-6-4-3-5-7-16/h3-7,17-18H,8-13H2,1-2H3/t17-,18+/m0/s1. The van der Waals surface area contributed by atoms with Crippen LogP contribution < -0.4 is 0 Å². The van der Waals surface area contributed by atoms with E-state index in [1.165, 1.54) is 11.1 Å². The molecule has 0 spiro atoms. The monoisotopic (exact) mass is 339 g/mol. The summed E-state index contributed by atoms with van der Waals surface area (Å²) in [6.45, 7) is 8.28. The van der Waals surface area contributed by atoms with Crippen LogP contribution in [-0.2, 0) is 11.3 Å². The molecule has 1 amide bonds. The van der Waals surface area contributed by atoms with Crippen LogP contribution in [0.4, 0.5) is 0 Å². The van der Waals surface area contributed by atoms with Crippen LogP contribution in [0, 0.1) is 19.8 Å². The van der Waals surface area contributed by atoms with Gasteiger partial charge in [-0.3, -0.25) is 9.69 Å². The zero-order chi connectivity index (χ0) is 17.4. The molecule has 1 saturated heterocycles. The molecule has 2 aliphatic rings. The van der Waals surface area contributed by atoms with E-state index in [0.717, 1.165) is 50.6 Å². The van der Waals surface area contributed by atoms with Crippen LogP contribution in [0.3, 0.4) is 0 Å². The third-order valence-corrected chi connectivity index (χ3v) is 5.58. The largest absolute Gasteiger partial charge is 0.361 e. The summed E-state index contributed by atoms with van der Waals surface area (Å²) in [6, 6.07) is 10.4. The zero-order valence-corrected chi connectivity index (χ0v) is 14.9. The summed E-state index contributed by atoms with van der Waals surface area (Å²) in [5.74, 6) is 1.86. The number of carbonyl (C=O) groups excluding carboxylic acids is 1. The highest BCUT2D eigenvalue weighted by Gasteiger charge is 2.45. The molecule has 1 aromatic carbocycles. The van der Waals surface area contributed by atoms with Crippen molar-refractivity contribution in [3.8, 4) is 0 Å². The number of hydrogen-bond donors (Lipinski definition) is 0. The van der Waals surface area contributed by atoms with E-state index >= 15 is 0 Å². The lowest BCUT2D eigenvalue weighted by atomic mass is 10.1. The van der Waals surface area contributed by atoms with Gasteiger partial charge in [0.05, 0.1) is 5.69 Å². The molecule has 1 aromatic heterocycles. The first-order chi connectivity index (χ1) is 12.1. The van der Waals surface area contributed by atoms with Crippen molar-refractivity contribution in [1.82, 2.24) is 15.0 Å². The molecule has 0 unspecified atom stereocenters. The van der Waals surface area contributed by atoms with Gasteiger partial charge in [0.2, 0.25) is 5.91 Å². The summed E-state index contributed by atoms with van der Waals surface area (Å²) < 4.78 is 5.25. The molecule has 132 valence electrons. The van der Waals surface area contributed by atoms with Gasteiger partial charge in [-0.25, -0.2) is 0 Å². The van der Waals surface area contributed by atoms with Gasteiger partial charge in [-0.2, -0.15) is 0 Å². The maximum atomic E-state index is 12.8. The van der Waals surface area contributed by atoms with Crippen LogP contribution in [0.25, 0.3) is 0 Å². The average Bonchev–Trinajstić information content (AvgIpc) is 3.39. The van der Waals surface area contributed by atoms with Gasteiger partial charge in [0.15, 0.2) is 0 Å². The van der Waals surface area contributed by atoms with Crippen molar-refractivity contribution in [2.75, 3.05) is 26.2 Å². The smallest absolute Gasteiger partial charge is 0.226 e. The molecule has 25 heavy (non-hydrogen) atoms. The number of aryl methyl sites for hydroxylation is 2. The minimum absolute atomic E-state index is 0.191. The van der Waals surface area contributed by atoms with Crippen LogP contribution >= 0.6 is 0 Å². The fourth-order valence-electron chi connectivity index (χ4n) is 3.85. The zero-order valence-electron chi connectivity index (χ0n) is 14.9. The number of piperazine rings is 1. The molecule has 2 heterocycles. The van der Waals surface area contributed by atoms with Crippen molar-refractivity contribution in [2.24, 2.45) is 5.92 Å². The molecule has 0 N–H and O–H groups in total. The topological polar surface area (TPSA) is 49.6 Å². The van der Waals surface area contributed by atoms with Crippen molar-refractivity contribution in [3.05, 3.63) is 52.9 Å². The van der Waals surface area contributed by atoms with Gasteiger partial charge in [0.1, 0.15) is 5.76 Å². The minimum Gasteiger partial charge on any atom is -0.361 e. The number of rotatable bonds is 4. The highest BCUT2D eigenvalue weighted by molar-refractivity contribution is 5.83. The molecule has 1 saturated carbocycles. The Morgan fingerprint density at radius 3 is 2.52 bits per heavy atom. The summed E-state index contributed by atoms with van der Waals surface area (Å²) in [5.41, 5.74) is 3.46. The number of nitrogens with zero attached hydrogens (tertiary/aromatic N) is 3. The third-order valence-electron chi connectivity index (χ3n) is 5.58. The average molecular weight is 339 g/mol. The lowest BCUT2D eigenvalue weighted by Gasteiger charge is -2.35. The van der Waals surface area contributed by atoms with Gasteiger partial charge in [0.25, 0.3) is 0 Å². The highest BCUT2D eigenvalue weighted by Crippen LogP contribution is 2.48. The van der Waals surface area contributed by atoms with Gasteiger partial charge < -0.3 is 9.42 Å². The van der Waals surface area contributed by atoms with E-state index in [9.17, 15) is 4.79 Å². The molecule has 1 aliphatic carbocycles. The SMILES string of the molecule is Cc1noc(C)c1CN1CCN(C(=O)[C@@H]2C[C@H]2c2ccccc2)CC1. The second-order valence-electron chi connectivity index (χ2n) is 7.26. The fourth-order valence-corrected chi connectivity index (χ4v) is 3.85. The van der Waals surface area contributed by atoms with Crippen molar-refractivity contribution in [3.63, 3.8) is 0 Å². The Hall–Kier alpha value is -2.14. The first kappa shape index (κ1) is 16.3. The molecular formula is C20H25N3O2. The predicted molar refractivity (Wildman–Crippen MR) is 95.1 cm³/mol. The van der Waals surface area contributed by atoms with Gasteiger partial charge >= 0.3 is 0 Å². The number of benzene rings is 1. The van der Waals surface area contributed by atoms with E-state index in [0.29, 0.717) is 11.8 Å². The maximum absolute atomic E-state index is 12.8. The van der Waals surface area contributed by atoms with Crippen molar-refractivity contribution in [2.45, 2.75) is 32.7 Å². The lowest BCUT2D eigenvalue weighted by Crippen LogP contribution is -2.48. The van der Waals surface area contributed by atoms with Gasteiger partial charge in [0, 0.05) is 44.2 Å². The number of carbonyl (C=O) groups is 1. The Balaban J connectivity index is 1.30. The van der Waals surface area contributed by atoms with Crippen molar-refractivity contribution in [1.29, 1.82) is 0 Å². The van der Waals surface area contributed by atoms with Crippen LogP contribution in [0.15, 0.2) is 34.9 Å². The molecule has 2 fully saturated rings. The maximum Gasteiger partial charge on any atom is 0.226 e.